The molecule has 0 heterocycles. The summed E-state index contributed by atoms with van der Waals surface area (Å²) in [7, 11) is 0. The molecule has 21 heavy (non-hydrogen) atoms. The van der Waals surface area contributed by atoms with Crippen LogP contribution in [-0.4, -0.2) is 29.8 Å². The fourth-order valence-corrected chi connectivity index (χ4v) is 2.36. The van der Waals surface area contributed by atoms with E-state index in [-0.39, 0.29) is 12.5 Å². The van der Waals surface area contributed by atoms with Crippen LogP contribution in [0.1, 0.15) is 39.7 Å². The lowest BCUT2D eigenvalue weighted by Crippen LogP contribution is -2.42. The second-order valence-electron chi connectivity index (χ2n) is 6.13. The van der Waals surface area contributed by atoms with Crippen LogP contribution in [0.2, 0.25) is 0 Å². The average molecular weight is 293 g/mol. The van der Waals surface area contributed by atoms with Gasteiger partial charge in [-0.3, -0.25) is 4.79 Å². The Morgan fingerprint density at radius 1 is 1.33 bits per heavy atom. The number of hydrogen-bond acceptors (Lipinski definition) is 3. The first-order valence-electron chi connectivity index (χ1n) is 7.53. The average Bonchev–Trinajstić information content (AvgIpc) is 2.38. The zero-order valence-electron chi connectivity index (χ0n) is 13.5. The maximum atomic E-state index is 11.9. The fourth-order valence-electron chi connectivity index (χ4n) is 2.36. The molecule has 1 aromatic carbocycles. The summed E-state index contributed by atoms with van der Waals surface area (Å²) in [6, 6.07) is 7.50. The first-order chi connectivity index (χ1) is 9.82. The van der Waals surface area contributed by atoms with Crippen LogP contribution in [0.25, 0.3) is 0 Å². The van der Waals surface area contributed by atoms with Gasteiger partial charge in [-0.1, -0.05) is 26.0 Å². The second-order valence-corrected chi connectivity index (χ2v) is 6.13. The molecule has 0 saturated heterocycles. The standard InChI is InChI=1S/C17H27NO3/c1-5-21-15-8-6-14(7-9-15)10-16(19)18-12-17(4,20)11-13(2)3/h6-9,13,20H,5,10-12H2,1-4H3,(H,18,19). The minimum absolute atomic E-state index is 0.0804. The largest absolute Gasteiger partial charge is 0.494 e. The number of carbonyl (C=O) groups excluding carboxylic acids is 1. The van der Waals surface area contributed by atoms with Crippen LogP contribution >= 0.6 is 0 Å². The molecule has 1 atom stereocenters. The predicted molar refractivity (Wildman–Crippen MR) is 84.4 cm³/mol. The Morgan fingerprint density at radius 2 is 1.95 bits per heavy atom. The SMILES string of the molecule is CCOc1ccc(CC(=O)NCC(C)(O)CC(C)C)cc1. The van der Waals surface area contributed by atoms with Gasteiger partial charge < -0.3 is 15.2 Å². The Morgan fingerprint density at radius 3 is 2.48 bits per heavy atom. The fraction of sp³-hybridized carbons (Fsp3) is 0.588. The van der Waals surface area contributed by atoms with E-state index in [4.69, 9.17) is 4.74 Å². The van der Waals surface area contributed by atoms with Crippen molar-refractivity contribution in [1.82, 2.24) is 5.32 Å². The summed E-state index contributed by atoms with van der Waals surface area (Å²) in [5.74, 6) is 1.12. The lowest BCUT2D eigenvalue weighted by atomic mass is 9.94. The van der Waals surface area contributed by atoms with Gasteiger partial charge in [0.1, 0.15) is 5.75 Å². The van der Waals surface area contributed by atoms with Crippen molar-refractivity contribution in [2.45, 2.75) is 46.1 Å². The van der Waals surface area contributed by atoms with Gasteiger partial charge in [-0.15, -0.1) is 0 Å². The van der Waals surface area contributed by atoms with Crippen LogP contribution in [0, 0.1) is 5.92 Å². The predicted octanol–water partition coefficient (Wildman–Crippen LogP) is 2.54. The van der Waals surface area contributed by atoms with Crippen LogP contribution in [0.15, 0.2) is 24.3 Å². The van der Waals surface area contributed by atoms with Crippen molar-refractivity contribution in [2.24, 2.45) is 5.92 Å². The van der Waals surface area contributed by atoms with Crippen LogP contribution in [0.4, 0.5) is 0 Å². The molecule has 0 aliphatic carbocycles. The zero-order chi connectivity index (χ0) is 15.9. The van der Waals surface area contributed by atoms with E-state index >= 15 is 0 Å². The Hall–Kier alpha value is -1.55. The van der Waals surface area contributed by atoms with Crippen molar-refractivity contribution in [3.05, 3.63) is 29.8 Å². The van der Waals surface area contributed by atoms with Gasteiger partial charge in [-0.25, -0.2) is 0 Å². The summed E-state index contributed by atoms with van der Waals surface area (Å²) in [4.78, 5) is 11.9. The minimum Gasteiger partial charge on any atom is -0.494 e. The van der Waals surface area contributed by atoms with Crippen molar-refractivity contribution in [3.8, 4) is 5.75 Å². The maximum absolute atomic E-state index is 11.9. The molecule has 0 aliphatic heterocycles. The molecular formula is C17H27NO3. The topological polar surface area (TPSA) is 58.6 Å². The van der Waals surface area contributed by atoms with E-state index in [1.165, 1.54) is 0 Å². The summed E-state index contributed by atoms with van der Waals surface area (Å²) in [5.41, 5.74) is 0.0716. The molecule has 1 amide bonds. The monoisotopic (exact) mass is 293 g/mol. The van der Waals surface area contributed by atoms with Crippen LogP contribution in [0.3, 0.4) is 0 Å². The lowest BCUT2D eigenvalue weighted by Gasteiger charge is -2.25. The molecule has 118 valence electrons. The Balaban J connectivity index is 2.43. The number of rotatable bonds is 8. The smallest absolute Gasteiger partial charge is 0.224 e. The molecule has 0 aromatic heterocycles. The van der Waals surface area contributed by atoms with Gasteiger partial charge in [-0.05, 0) is 43.9 Å². The molecule has 4 nitrogen and oxygen atoms in total. The number of amides is 1. The zero-order valence-corrected chi connectivity index (χ0v) is 13.5. The number of nitrogens with one attached hydrogen (secondary N) is 1. The molecule has 0 aliphatic rings. The van der Waals surface area contributed by atoms with E-state index in [9.17, 15) is 9.90 Å². The van der Waals surface area contributed by atoms with E-state index < -0.39 is 5.60 Å². The van der Waals surface area contributed by atoms with Gasteiger partial charge in [0.2, 0.25) is 5.91 Å². The van der Waals surface area contributed by atoms with Gasteiger partial charge in [0.25, 0.3) is 0 Å². The Labute approximate surface area is 127 Å². The van der Waals surface area contributed by atoms with Crippen LogP contribution in [0.5, 0.6) is 5.75 Å². The minimum atomic E-state index is -0.858. The third kappa shape index (κ3) is 7.14. The summed E-state index contributed by atoms with van der Waals surface area (Å²) in [6.45, 7) is 8.70. The normalized spacial score (nSPS) is 13.8. The molecule has 1 aromatic rings. The highest BCUT2D eigenvalue weighted by molar-refractivity contribution is 5.78. The molecule has 2 N–H and O–H groups in total. The van der Waals surface area contributed by atoms with E-state index in [1.54, 1.807) is 6.92 Å². The number of ether oxygens (including phenoxy) is 1. The summed E-state index contributed by atoms with van der Waals surface area (Å²) >= 11 is 0. The number of benzene rings is 1. The second kappa shape index (κ2) is 8.03. The summed E-state index contributed by atoms with van der Waals surface area (Å²) in [5, 5.41) is 13.0. The summed E-state index contributed by atoms with van der Waals surface area (Å²) in [6.07, 6.45) is 0.973. The van der Waals surface area contributed by atoms with Crippen LogP contribution < -0.4 is 10.1 Å². The van der Waals surface area contributed by atoms with Crippen LogP contribution in [-0.2, 0) is 11.2 Å². The quantitative estimate of drug-likeness (QED) is 0.774. The molecular weight excluding hydrogens is 266 g/mol. The van der Waals surface area contributed by atoms with Crippen molar-refractivity contribution >= 4 is 5.91 Å². The van der Waals surface area contributed by atoms with Gasteiger partial charge >= 0.3 is 0 Å². The molecule has 0 radical (unpaired) electrons. The van der Waals surface area contributed by atoms with Crippen molar-refractivity contribution < 1.29 is 14.6 Å². The Kier molecular flexibility index (Phi) is 6.69. The molecule has 0 bridgehead atoms. The molecule has 1 rings (SSSR count). The maximum Gasteiger partial charge on any atom is 0.224 e. The highest BCUT2D eigenvalue weighted by Crippen LogP contribution is 2.15. The molecule has 1 unspecified atom stereocenters. The van der Waals surface area contributed by atoms with Crippen molar-refractivity contribution in [3.63, 3.8) is 0 Å². The van der Waals surface area contributed by atoms with E-state index in [1.807, 2.05) is 31.2 Å². The number of carbonyl (C=O) groups is 1. The van der Waals surface area contributed by atoms with E-state index in [2.05, 4.69) is 19.2 Å². The highest BCUT2D eigenvalue weighted by atomic mass is 16.5. The van der Waals surface area contributed by atoms with Gasteiger partial charge in [0.05, 0.1) is 18.6 Å². The van der Waals surface area contributed by atoms with Gasteiger partial charge in [0, 0.05) is 6.54 Å². The van der Waals surface area contributed by atoms with Crippen molar-refractivity contribution in [2.75, 3.05) is 13.2 Å². The molecule has 0 saturated carbocycles. The first kappa shape index (κ1) is 17.5. The molecule has 0 fully saturated rings. The van der Waals surface area contributed by atoms with E-state index in [0.717, 1.165) is 11.3 Å². The number of aliphatic hydroxyl groups is 1. The van der Waals surface area contributed by atoms with Gasteiger partial charge in [0.15, 0.2) is 0 Å². The van der Waals surface area contributed by atoms with Gasteiger partial charge in [-0.2, -0.15) is 0 Å². The summed E-state index contributed by atoms with van der Waals surface area (Å²) < 4.78 is 5.36. The third-order valence-corrected chi connectivity index (χ3v) is 3.11. The van der Waals surface area contributed by atoms with Crippen molar-refractivity contribution in [1.29, 1.82) is 0 Å². The Bertz CT molecular complexity index is 438. The molecule has 0 spiro atoms. The first-order valence-corrected chi connectivity index (χ1v) is 7.53. The molecule has 4 heteroatoms. The third-order valence-electron chi connectivity index (χ3n) is 3.11. The van der Waals surface area contributed by atoms with E-state index in [0.29, 0.717) is 25.4 Å². The highest BCUT2D eigenvalue weighted by Gasteiger charge is 2.22. The number of hydrogen-bond donors (Lipinski definition) is 2. The lowest BCUT2D eigenvalue weighted by molar-refractivity contribution is -0.121.